The molecule has 0 radical (unpaired) electrons. The summed E-state index contributed by atoms with van der Waals surface area (Å²) in [6.45, 7) is 0. The Kier molecular flexibility index (Phi) is 4.01. The molecule has 0 saturated carbocycles. The summed E-state index contributed by atoms with van der Waals surface area (Å²) in [6, 6.07) is 14.7. The van der Waals surface area contributed by atoms with Crippen LogP contribution < -0.4 is 5.32 Å². The van der Waals surface area contributed by atoms with E-state index in [1.807, 2.05) is 30.3 Å². The standard InChI is InChI=1S/C20H17N3O3/c1-23-12-16(11-21-23)22-19(24)14-7-8-17-15(9-14)10-18(26-20(17)25)13-5-3-2-4-6-13/h2-9,11-12,18H,10H2,1H3,(H,22,24)/t18-/m1/s1. The number of carbonyl (C=O) groups is 2. The van der Waals surface area contributed by atoms with Crippen molar-refractivity contribution in [3.05, 3.63) is 83.2 Å². The number of amides is 1. The lowest BCUT2D eigenvalue weighted by Crippen LogP contribution is -2.23. The molecule has 1 aliphatic heterocycles. The van der Waals surface area contributed by atoms with Crippen LogP contribution in [0.2, 0.25) is 0 Å². The highest BCUT2D eigenvalue weighted by Gasteiger charge is 2.28. The van der Waals surface area contributed by atoms with Gasteiger partial charge >= 0.3 is 5.97 Å². The van der Waals surface area contributed by atoms with Crippen LogP contribution in [0, 0.1) is 0 Å². The molecule has 130 valence electrons. The molecule has 6 nitrogen and oxygen atoms in total. The van der Waals surface area contributed by atoms with Crippen molar-refractivity contribution in [2.45, 2.75) is 12.5 Å². The first-order chi connectivity index (χ1) is 12.6. The van der Waals surface area contributed by atoms with Crippen LogP contribution in [0.1, 0.15) is 37.9 Å². The maximum atomic E-state index is 12.5. The molecule has 1 N–H and O–H groups in total. The van der Waals surface area contributed by atoms with Crippen molar-refractivity contribution < 1.29 is 14.3 Å². The number of ether oxygens (including phenoxy) is 1. The van der Waals surface area contributed by atoms with E-state index >= 15 is 0 Å². The van der Waals surface area contributed by atoms with Crippen molar-refractivity contribution >= 4 is 17.6 Å². The molecule has 0 unspecified atom stereocenters. The number of carbonyl (C=O) groups excluding carboxylic acids is 2. The first-order valence-corrected chi connectivity index (χ1v) is 8.29. The number of esters is 1. The van der Waals surface area contributed by atoms with Crippen LogP contribution in [-0.2, 0) is 18.2 Å². The predicted molar refractivity (Wildman–Crippen MR) is 95.9 cm³/mol. The third-order valence-electron chi connectivity index (χ3n) is 4.38. The zero-order chi connectivity index (χ0) is 18.1. The highest BCUT2D eigenvalue weighted by Crippen LogP contribution is 2.31. The number of nitrogens with one attached hydrogen (secondary N) is 1. The van der Waals surface area contributed by atoms with Gasteiger partial charge in [-0.15, -0.1) is 0 Å². The average Bonchev–Trinajstić information content (AvgIpc) is 3.06. The monoisotopic (exact) mass is 347 g/mol. The van der Waals surface area contributed by atoms with E-state index in [1.54, 1.807) is 42.3 Å². The van der Waals surface area contributed by atoms with E-state index in [1.165, 1.54) is 0 Å². The van der Waals surface area contributed by atoms with Gasteiger partial charge in [0.25, 0.3) is 5.91 Å². The molecule has 1 atom stereocenters. The van der Waals surface area contributed by atoms with Gasteiger partial charge in [-0.05, 0) is 29.3 Å². The van der Waals surface area contributed by atoms with Gasteiger partial charge in [0.2, 0.25) is 0 Å². The smallest absolute Gasteiger partial charge is 0.339 e. The van der Waals surface area contributed by atoms with Gasteiger partial charge in [0.05, 0.1) is 17.4 Å². The molecule has 0 aliphatic carbocycles. The largest absolute Gasteiger partial charge is 0.454 e. The first kappa shape index (κ1) is 16.1. The molecule has 2 heterocycles. The molecule has 1 aromatic heterocycles. The van der Waals surface area contributed by atoms with E-state index in [2.05, 4.69) is 10.4 Å². The van der Waals surface area contributed by atoms with Gasteiger partial charge in [-0.2, -0.15) is 5.10 Å². The molecule has 2 aromatic carbocycles. The summed E-state index contributed by atoms with van der Waals surface area (Å²) in [6.07, 6.45) is 3.50. The molecule has 1 aliphatic rings. The summed E-state index contributed by atoms with van der Waals surface area (Å²) >= 11 is 0. The molecular formula is C20H17N3O3. The van der Waals surface area contributed by atoms with E-state index in [0.717, 1.165) is 11.1 Å². The number of aromatic nitrogens is 2. The second-order valence-electron chi connectivity index (χ2n) is 6.24. The van der Waals surface area contributed by atoms with Crippen LogP contribution in [0.5, 0.6) is 0 Å². The fraction of sp³-hybridized carbons (Fsp3) is 0.150. The van der Waals surface area contributed by atoms with Crippen molar-refractivity contribution in [2.75, 3.05) is 5.32 Å². The SMILES string of the molecule is Cn1cc(NC(=O)c2ccc3c(c2)C[C@H](c2ccccc2)OC3=O)cn1. The first-order valence-electron chi connectivity index (χ1n) is 8.29. The van der Waals surface area contributed by atoms with Crippen molar-refractivity contribution in [2.24, 2.45) is 7.05 Å². The Balaban J connectivity index is 1.59. The summed E-state index contributed by atoms with van der Waals surface area (Å²) in [5.74, 6) is -0.602. The Bertz CT molecular complexity index is 979. The molecule has 0 bridgehead atoms. The van der Waals surface area contributed by atoms with Crippen molar-refractivity contribution in [1.82, 2.24) is 9.78 Å². The average molecular weight is 347 g/mol. The summed E-state index contributed by atoms with van der Waals surface area (Å²) < 4.78 is 7.16. The van der Waals surface area contributed by atoms with Crippen LogP contribution in [0.3, 0.4) is 0 Å². The van der Waals surface area contributed by atoms with Gasteiger partial charge in [0.1, 0.15) is 6.10 Å². The number of cyclic esters (lactones) is 1. The summed E-state index contributed by atoms with van der Waals surface area (Å²) in [5, 5.41) is 6.83. The number of hydrogen-bond acceptors (Lipinski definition) is 4. The molecule has 0 saturated heterocycles. The van der Waals surface area contributed by atoms with Crippen LogP contribution in [0.4, 0.5) is 5.69 Å². The molecule has 26 heavy (non-hydrogen) atoms. The molecule has 6 heteroatoms. The molecule has 0 fully saturated rings. The highest BCUT2D eigenvalue weighted by atomic mass is 16.5. The highest BCUT2D eigenvalue weighted by molar-refractivity contribution is 6.05. The minimum Gasteiger partial charge on any atom is -0.454 e. The molecule has 1 amide bonds. The fourth-order valence-electron chi connectivity index (χ4n) is 3.08. The quantitative estimate of drug-likeness (QED) is 0.739. The zero-order valence-corrected chi connectivity index (χ0v) is 14.2. The minimum absolute atomic E-state index is 0.240. The maximum Gasteiger partial charge on any atom is 0.339 e. The minimum atomic E-state index is -0.362. The zero-order valence-electron chi connectivity index (χ0n) is 14.2. The van der Waals surface area contributed by atoms with Gasteiger partial charge < -0.3 is 10.1 Å². The van der Waals surface area contributed by atoms with E-state index in [0.29, 0.717) is 23.2 Å². The number of hydrogen-bond donors (Lipinski definition) is 1. The summed E-state index contributed by atoms with van der Waals surface area (Å²) in [4.78, 5) is 24.8. The number of fused-ring (bicyclic) bond motifs is 1. The number of rotatable bonds is 3. The van der Waals surface area contributed by atoms with Gasteiger partial charge in [0, 0.05) is 25.2 Å². The van der Waals surface area contributed by atoms with Crippen LogP contribution >= 0.6 is 0 Å². The van der Waals surface area contributed by atoms with Gasteiger partial charge in [0.15, 0.2) is 0 Å². The van der Waals surface area contributed by atoms with E-state index in [9.17, 15) is 9.59 Å². The van der Waals surface area contributed by atoms with Crippen LogP contribution in [0.15, 0.2) is 60.9 Å². The number of benzene rings is 2. The maximum absolute atomic E-state index is 12.5. The topological polar surface area (TPSA) is 73.2 Å². The van der Waals surface area contributed by atoms with E-state index in [4.69, 9.17) is 4.74 Å². The second kappa shape index (κ2) is 6.48. The summed E-state index contributed by atoms with van der Waals surface area (Å²) in [7, 11) is 1.78. The Morgan fingerprint density at radius 1 is 1.23 bits per heavy atom. The Morgan fingerprint density at radius 2 is 2.04 bits per heavy atom. The van der Waals surface area contributed by atoms with Crippen LogP contribution in [-0.4, -0.2) is 21.7 Å². The third kappa shape index (κ3) is 3.09. The lowest BCUT2D eigenvalue weighted by molar-refractivity contribution is 0.0252. The number of anilines is 1. The molecular weight excluding hydrogens is 330 g/mol. The lowest BCUT2D eigenvalue weighted by atomic mass is 9.93. The van der Waals surface area contributed by atoms with E-state index < -0.39 is 0 Å². The van der Waals surface area contributed by atoms with E-state index in [-0.39, 0.29) is 18.0 Å². The predicted octanol–water partition coefficient (Wildman–Crippen LogP) is 3.13. The molecule has 4 rings (SSSR count). The molecule has 3 aromatic rings. The van der Waals surface area contributed by atoms with Crippen LogP contribution in [0.25, 0.3) is 0 Å². The second-order valence-corrected chi connectivity index (χ2v) is 6.24. The van der Waals surface area contributed by atoms with Crippen molar-refractivity contribution in [3.63, 3.8) is 0 Å². The summed E-state index contributed by atoms with van der Waals surface area (Å²) in [5.41, 5.74) is 3.38. The number of nitrogens with zero attached hydrogens (tertiary/aromatic N) is 2. The van der Waals surface area contributed by atoms with Crippen molar-refractivity contribution in [3.8, 4) is 0 Å². The fourth-order valence-corrected chi connectivity index (χ4v) is 3.08. The van der Waals surface area contributed by atoms with Gasteiger partial charge in [-0.3, -0.25) is 9.48 Å². The van der Waals surface area contributed by atoms with Gasteiger partial charge in [-0.1, -0.05) is 30.3 Å². The van der Waals surface area contributed by atoms with Gasteiger partial charge in [-0.25, -0.2) is 4.79 Å². The normalized spacial score (nSPS) is 15.9. The van der Waals surface area contributed by atoms with Crippen molar-refractivity contribution in [1.29, 1.82) is 0 Å². The Morgan fingerprint density at radius 3 is 2.77 bits per heavy atom. The Labute approximate surface area is 150 Å². The number of aryl methyl sites for hydroxylation is 1. The Hall–Kier alpha value is -3.41. The molecule has 0 spiro atoms. The lowest BCUT2D eigenvalue weighted by Gasteiger charge is -2.25. The third-order valence-corrected chi connectivity index (χ3v) is 4.38.